The summed E-state index contributed by atoms with van der Waals surface area (Å²) in [5.41, 5.74) is 7.86. The van der Waals surface area contributed by atoms with Gasteiger partial charge in [0, 0.05) is 28.8 Å². The molecule has 0 spiro atoms. The molecule has 0 fully saturated rings. The van der Waals surface area contributed by atoms with Crippen LogP contribution in [-0.2, 0) is 0 Å². The van der Waals surface area contributed by atoms with Crippen LogP contribution in [0.3, 0.4) is 0 Å². The summed E-state index contributed by atoms with van der Waals surface area (Å²) in [6.07, 6.45) is 0. The monoisotopic (exact) mass is 356 g/mol. The third-order valence-electron chi connectivity index (χ3n) is 3.25. The molecular weight excluding hydrogens is 343 g/mol. The molecule has 0 aliphatic heterocycles. The summed E-state index contributed by atoms with van der Waals surface area (Å²) in [6.45, 7) is 0.439. The minimum atomic E-state index is -0.251. The molecule has 1 unspecified atom stereocenters. The topological polar surface area (TPSA) is 29.3 Å². The number of anilines is 1. The molecule has 2 nitrogen and oxygen atoms in total. The lowest BCUT2D eigenvalue weighted by Crippen LogP contribution is -2.30. The lowest BCUT2D eigenvalue weighted by Gasteiger charge is -2.30. The number of likely N-dealkylation sites (N-methyl/N-ethyl adjacent to an activating group) is 1. The third-order valence-corrected chi connectivity index (χ3v) is 4.17. The van der Waals surface area contributed by atoms with E-state index >= 15 is 0 Å². The number of nitrogens with zero attached hydrogens (tertiary/aromatic N) is 1. The van der Waals surface area contributed by atoms with Gasteiger partial charge in [0.1, 0.15) is 5.82 Å². The summed E-state index contributed by atoms with van der Waals surface area (Å²) >= 11 is 9.48. The molecule has 1 atom stereocenters. The van der Waals surface area contributed by atoms with Crippen molar-refractivity contribution in [2.45, 2.75) is 6.04 Å². The van der Waals surface area contributed by atoms with Crippen molar-refractivity contribution in [2.24, 2.45) is 5.73 Å². The summed E-state index contributed by atoms with van der Waals surface area (Å²) in [6, 6.07) is 12.0. The van der Waals surface area contributed by atoms with Crippen LogP contribution in [0.4, 0.5) is 10.1 Å². The van der Waals surface area contributed by atoms with Crippen molar-refractivity contribution < 1.29 is 4.39 Å². The Balaban J connectivity index is 2.33. The van der Waals surface area contributed by atoms with Crippen LogP contribution in [0, 0.1) is 5.82 Å². The summed E-state index contributed by atoms with van der Waals surface area (Å²) < 4.78 is 13.9. The van der Waals surface area contributed by atoms with E-state index in [-0.39, 0.29) is 11.9 Å². The van der Waals surface area contributed by atoms with Crippen LogP contribution in [0.25, 0.3) is 0 Å². The summed E-state index contributed by atoms with van der Waals surface area (Å²) in [7, 11) is 1.94. The van der Waals surface area contributed by atoms with E-state index in [4.69, 9.17) is 17.3 Å². The Morgan fingerprint density at radius 3 is 2.45 bits per heavy atom. The minimum absolute atomic E-state index is 0.0212. The lowest BCUT2D eigenvalue weighted by molar-refractivity contribution is 0.626. The van der Waals surface area contributed by atoms with Crippen LogP contribution < -0.4 is 10.6 Å². The molecule has 2 N–H and O–H groups in total. The fraction of sp³-hybridized carbons (Fsp3) is 0.200. The standard InChI is InChI=1S/C15H15BrClFN2/c1-20(12-5-3-11(18)4-6-12)15(9-19)13-7-2-10(17)8-14(13)16/h2-8,15H,9,19H2,1H3. The minimum Gasteiger partial charge on any atom is -0.366 e. The Kier molecular flexibility index (Phi) is 5.02. The first-order valence-electron chi connectivity index (χ1n) is 6.16. The quantitative estimate of drug-likeness (QED) is 0.880. The predicted octanol–water partition coefficient (Wildman–Crippen LogP) is 4.38. The first kappa shape index (κ1) is 15.3. The van der Waals surface area contributed by atoms with Gasteiger partial charge < -0.3 is 10.6 Å². The molecule has 0 amide bonds. The van der Waals surface area contributed by atoms with E-state index in [1.165, 1.54) is 12.1 Å². The summed E-state index contributed by atoms with van der Waals surface area (Å²) in [5.74, 6) is -0.251. The van der Waals surface area contributed by atoms with Crippen molar-refractivity contribution in [1.29, 1.82) is 0 Å². The maximum absolute atomic E-state index is 13.0. The SMILES string of the molecule is CN(c1ccc(F)cc1)C(CN)c1ccc(Cl)cc1Br. The highest BCUT2D eigenvalue weighted by molar-refractivity contribution is 9.10. The Morgan fingerprint density at radius 1 is 1.25 bits per heavy atom. The first-order chi connectivity index (χ1) is 9.52. The smallest absolute Gasteiger partial charge is 0.123 e. The molecule has 0 saturated heterocycles. The van der Waals surface area contributed by atoms with Gasteiger partial charge in [-0.25, -0.2) is 4.39 Å². The van der Waals surface area contributed by atoms with Gasteiger partial charge in [0.15, 0.2) is 0 Å². The van der Waals surface area contributed by atoms with Gasteiger partial charge in [-0.3, -0.25) is 0 Å². The van der Waals surface area contributed by atoms with Crippen molar-refractivity contribution in [3.8, 4) is 0 Å². The van der Waals surface area contributed by atoms with Crippen LogP contribution in [0.1, 0.15) is 11.6 Å². The number of hydrogen-bond donors (Lipinski definition) is 1. The first-order valence-corrected chi connectivity index (χ1v) is 7.33. The van der Waals surface area contributed by atoms with Crippen LogP contribution in [-0.4, -0.2) is 13.6 Å². The van der Waals surface area contributed by atoms with E-state index in [1.54, 1.807) is 12.1 Å². The molecule has 2 aromatic carbocycles. The average Bonchev–Trinajstić information content (AvgIpc) is 2.42. The second kappa shape index (κ2) is 6.57. The van der Waals surface area contributed by atoms with E-state index in [1.807, 2.05) is 30.1 Å². The highest BCUT2D eigenvalue weighted by Gasteiger charge is 2.18. The Bertz CT molecular complexity index is 589. The van der Waals surface area contributed by atoms with Gasteiger partial charge in [-0.1, -0.05) is 33.6 Å². The molecule has 2 rings (SSSR count). The molecule has 0 radical (unpaired) electrons. The second-order valence-electron chi connectivity index (χ2n) is 4.50. The number of nitrogens with two attached hydrogens (primary N) is 1. The Morgan fingerprint density at radius 2 is 1.90 bits per heavy atom. The summed E-state index contributed by atoms with van der Waals surface area (Å²) in [4.78, 5) is 2.02. The van der Waals surface area contributed by atoms with Crippen LogP contribution in [0.15, 0.2) is 46.9 Å². The lowest BCUT2D eigenvalue weighted by atomic mass is 10.1. The van der Waals surface area contributed by atoms with Gasteiger partial charge in [-0.2, -0.15) is 0 Å². The molecule has 5 heteroatoms. The van der Waals surface area contributed by atoms with E-state index in [0.717, 1.165) is 15.7 Å². The molecule has 106 valence electrons. The van der Waals surface area contributed by atoms with Gasteiger partial charge in [-0.05, 0) is 42.0 Å². The maximum Gasteiger partial charge on any atom is 0.123 e. The van der Waals surface area contributed by atoms with Crippen molar-refractivity contribution in [2.75, 3.05) is 18.5 Å². The normalized spacial score (nSPS) is 12.2. The fourth-order valence-corrected chi connectivity index (χ4v) is 3.07. The molecular formula is C15H15BrClFN2. The Labute approximate surface area is 131 Å². The van der Waals surface area contributed by atoms with Crippen LogP contribution >= 0.6 is 27.5 Å². The van der Waals surface area contributed by atoms with Gasteiger partial charge in [-0.15, -0.1) is 0 Å². The molecule has 20 heavy (non-hydrogen) atoms. The van der Waals surface area contributed by atoms with Gasteiger partial charge in [0.25, 0.3) is 0 Å². The maximum atomic E-state index is 13.0. The van der Waals surface area contributed by atoms with E-state index in [0.29, 0.717) is 11.6 Å². The van der Waals surface area contributed by atoms with Crippen molar-refractivity contribution in [3.63, 3.8) is 0 Å². The largest absolute Gasteiger partial charge is 0.366 e. The predicted molar refractivity (Wildman–Crippen MR) is 85.8 cm³/mol. The van der Waals surface area contributed by atoms with Crippen molar-refractivity contribution in [3.05, 3.63) is 63.3 Å². The molecule has 0 aliphatic carbocycles. The number of benzene rings is 2. The highest BCUT2D eigenvalue weighted by Crippen LogP contribution is 2.31. The summed E-state index contributed by atoms with van der Waals surface area (Å²) in [5, 5.41) is 0.667. The third kappa shape index (κ3) is 3.32. The number of hydrogen-bond acceptors (Lipinski definition) is 2. The van der Waals surface area contributed by atoms with E-state index < -0.39 is 0 Å². The van der Waals surface area contributed by atoms with E-state index in [2.05, 4.69) is 15.9 Å². The molecule has 0 saturated carbocycles. The molecule has 2 aromatic rings. The number of halogens is 3. The van der Waals surface area contributed by atoms with Gasteiger partial charge in [0.2, 0.25) is 0 Å². The Hall–Kier alpha value is -1.10. The van der Waals surface area contributed by atoms with Crippen LogP contribution in [0.2, 0.25) is 5.02 Å². The molecule has 0 aromatic heterocycles. The fourth-order valence-electron chi connectivity index (χ4n) is 2.12. The zero-order chi connectivity index (χ0) is 14.7. The molecule has 0 aliphatic rings. The number of rotatable bonds is 4. The molecule has 0 heterocycles. The zero-order valence-electron chi connectivity index (χ0n) is 11.0. The zero-order valence-corrected chi connectivity index (χ0v) is 13.3. The average molecular weight is 358 g/mol. The van der Waals surface area contributed by atoms with Crippen LogP contribution in [0.5, 0.6) is 0 Å². The highest BCUT2D eigenvalue weighted by atomic mass is 79.9. The van der Waals surface area contributed by atoms with Crippen molar-refractivity contribution in [1.82, 2.24) is 0 Å². The molecule has 0 bridgehead atoms. The van der Waals surface area contributed by atoms with Gasteiger partial charge >= 0.3 is 0 Å². The van der Waals surface area contributed by atoms with E-state index in [9.17, 15) is 4.39 Å². The van der Waals surface area contributed by atoms with Crippen molar-refractivity contribution >= 4 is 33.2 Å². The van der Waals surface area contributed by atoms with Gasteiger partial charge in [0.05, 0.1) is 6.04 Å². The second-order valence-corrected chi connectivity index (χ2v) is 5.80.